The molecule has 4 heteroatoms. The molecular weight excluding hydrogens is 280 g/mol. The summed E-state index contributed by atoms with van der Waals surface area (Å²) in [6.45, 7) is 6.16. The van der Waals surface area contributed by atoms with Crippen molar-refractivity contribution in [1.29, 1.82) is 0 Å². The summed E-state index contributed by atoms with van der Waals surface area (Å²) < 4.78 is 7.45. The smallest absolute Gasteiger partial charge is 0.0896 e. The van der Waals surface area contributed by atoms with Gasteiger partial charge in [-0.15, -0.1) is 11.3 Å². The minimum Gasteiger partial charge on any atom is -0.374 e. The van der Waals surface area contributed by atoms with Crippen molar-refractivity contribution in [2.75, 3.05) is 33.3 Å². The van der Waals surface area contributed by atoms with Crippen LogP contribution in [-0.2, 0) is 4.74 Å². The third-order valence-electron chi connectivity index (χ3n) is 4.20. The lowest BCUT2D eigenvalue weighted by Gasteiger charge is -2.41. The lowest BCUT2D eigenvalue weighted by molar-refractivity contribution is -0.0698. The number of nitrogens with one attached hydrogen (secondary N) is 1. The molecule has 2 aromatic rings. The van der Waals surface area contributed by atoms with Gasteiger partial charge in [-0.3, -0.25) is 4.90 Å². The van der Waals surface area contributed by atoms with Crippen LogP contribution in [0.3, 0.4) is 0 Å². The van der Waals surface area contributed by atoms with Crippen LogP contribution >= 0.6 is 11.3 Å². The predicted molar refractivity (Wildman–Crippen MR) is 90.1 cm³/mol. The van der Waals surface area contributed by atoms with Crippen molar-refractivity contribution in [3.63, 3.8) is 0 Å². The van der Waals surface area contributed by atoms with Gasteiger partial charge in [-0.25, -0.2) is 0 Å². The second-order valence-corrected chi connectivity index (χ2v) is 6.55. The molecule has 2 unspecified atom stereocenters. The Labute approximate surface area is 130 Å². The summed E-state index contributed by atoms with van der Waals surface area (Å²) in [7, 11) is 2.00. The van der Waals surface area contributed by atoms with E-state index in [1.165, 1.54) is 22.1 Å². The second-order valence-electron chi connectivity index (χ2n) is 5.63. The summed E-state index contributed by atoms with van der Waals surface area (Å²) >= 11 is 1.85. The average molecular weight is 304 g/mol. The van der Waals surface area contributed by atoms with Crippen molar-refractivity contribution in [3.05, 3.63) is 35.2 Å². The lowest BCUT2D eigenvalue weighted by Crippen LogP contribution is -2.48. The topological polar surface area (TPSA) is 24.5 Å². The molecule has 0 aliphatic carbocycles. The molecule has 3 nitrogen and oxygen atoms in total. The Morgan fingerprint density at radius 3 is 3.05 bits per heavy atom. The SMILES string of the molecule is CCCN1CCOC(CNC)C1c1csc2ccccc12. The molecule has 3 rings (SSSR count). The van der Waals surface area contributed by atoms with E-state index in [1.807, 2.05) is 18.4 Å². The molecule has 21 heavy (non-hydrogen) atoms. The second kappa shape index (κ2) is 6.88. The average Bonchev–Trinajstić information content (AvgIpc) is 2.92. The number of rotatable bonds is 5. The Morgan fingerprint density at radius 2 is 2.24 bits per heavy atom. The highest BCUT2D eigenvalue weighted by Gasteiger charge is 2.34. The first-order valence-electron chi connectivity index (χ1n) is 7.81. The monoisotopic (exact) mass is 304 g/mol. The third kappa shape index (κ3) is 2.99. The molecule has 1 fully saturated rings. The van der Waals surface area contributed by atoms with Gasteiger partial charge >= 0.3 is 0 Å². The first-order chi connectivity index (χ1) is 10.3. The van der Waals surface area contributed by atoms with Gasteiger partial charge in [0.1, 0.15) is 0 Å². The molecule has 0 spiro atoms. The highest BCUT2D eigenvalue weighted by Crippen LogP contribution is 2.37. The highest BCUT2D eigenvalue weighted by atomic mass is 32.1. The Hall–Kier alpha value is -0.940. The molecule has 1 N–H and O–H groups in total. The maximum absolute atomic E-state index is 6.08. The van der Waals surface area contributed by atoms with E-state index in [1.54, 1.807) is 0 Å². The quantitative estimate of drug-likeness (QED) is 0.917. The maximum atomic E-state index is 6.08. The number of benzene rings is 1. The Balaban J connectivity index is 1.99. The standard InChI is InChI=1S/C17H24N2OS/c1-3-8-19-9-10-20-15(11-18-2)17(19)14-12-21-16-7-5-4-6-13(14)16/h4-7,12,15,17-18H,3,8-11H2,1-2H3. The van der Waals surface area contributed by atoms with Crippen molar-refractivity contribution in [2.24, 2.45) is 0 Å². The number of ether oxygens (including phenoxy) is 1. The molecule has 0 bridgehead atoms. The zero-order valence-corrected chi connectivity index (χ0v) is 13.7. The summed E-state index contributed by atoms with van der Waals surface area (Å²) in [5, 5.41) is 7.01. The van der Waals surface area contributed by atoms with E-state index < -0.39 is 0 Å². The summed E-state index contributed by atoms with van der Waals surface area (Å²) in [5.74, 6) is 0. The van der Waals surface area contributed by atoms with E-state index in [4.69, 9.17) is 4.74 Å². The first-order valence-corrected chi connectivity index (χ1v) is 8.69. The van der Waals surface area contributed by atoms with Crippen molar-refractivity contribution < 1.29 is 4.74 Å². The Morgan fingerprint density at radius 1 is 1.38 bits per heavy atom. The van der Waals surface area contributed by atoms with Gasteiger partial charge in [0.05, 0.1) is 18.8 Å². The van der Waals surface area contributed by atoms with Gasteiger partial charge in [-0.05, 0) is 42.4 Å². The fourth-order valence-corrected chi connectivity index (χ4v) is 4.31. The molecule has 1 aliphatic heterocycles. The summed E-state index contributed by atoms with van der Waals surface area (Å²) in [5.41, 5.74) is 1.43. The molecular formula is C17H24N2OS. The van der Waals surface area contributed by atoms with Gasteiger partial charge in [0.15, 0.2) is 0 Å². The van der Waals surface area contributed by atoms with E-state index in [2.05, 4.69) is 46.8 Å². The molecule has 1 saturated heterocycles. The van der Waals surface area contributed by atoms with Crippen molar-refractivity contribution in [1.82, 2.24) is 10.2 Å². The van der Waals surface area contributed by atoms with Gasteiger partial charge < -0.3 is 10.1 Å². The number of nitrogens with zero attached hydrogens (tertiary/aromatic N) is 1. The fourth-order valence-electron chi connectivity index (χ4n) is 3.32. The van der Waals surface area contributed by atoms with E-state index in [9.17, 15) is 0 Å². The predicted octanol–water partition coefficient (Wildman–Crippen LogP) is 3.27. The highest BCUT2D eigenvalue weighted by molar-refractivity contribution is 7.17. The van der Waals surface area contributed by atoms with Crippen molar-refractivity contribution >= 4 is 21.4 Å². The first kappa shape index (κ1) is 15.0. The molecule has 2 atom stereocenters. The van der Waals surface area contributed by atoms with Crippen LogP contribution in [0.5, 0.6) is 0 Å². The molecule has 0 radical (unpaired) electrons. The molecule has 1 aliphatic rings. The summed E-state index contributed by atoms with van der Waals surface area (Å²) in [6.07, 6.45) is 1.42. The normalized spacial score (nSPS) is 23.7. The van der Waals surface area contributed by atoms with Crippen LogP contribution in [0.25, 0.3) is 10.1 Å². The Kier molecular flexibility index (Phi) is 4.91. The molecule has 1 aromatic carbocycles. The molecule has 0 amide bonds. The maximum Gasteiger partial charge on any atom is 0.0896 e. The molecule has 114 valence electrons. The van der Waals surface area contributed by atoms with Crippen LogP contribution in [0.2, 0.25) is 0 Å². The van der Waals surface area contributed by atoms with Crippen LogP contribution in [0.15, 0.2) is 29.6 Å². The van der Waals surface area contributed by atoms with E-state index >= 15 is 0 Å². The van der Waals surface area contributed by atoms with Gasteiger partial charge in [-0.1, -0.05) is 25.1 Å². The fraction of sp³-hybridized carbons (Fsp3) is 0.529. The number of thiophene rings is 1. The number of likely N-dealkylation sites (N-methyl/N-ethyl adjacent to an activating group) is 1. The lowest BCUT2D eigenvalue weighted by atomic mass is 9.97. The summed E-state index contributed by atoms with van der Waals surface area (Å²) in [6, 6.07) is 9.08. The van der Waals surface area contributed by atoms with Crippen LogP contribution in [0.1, 0.15) is 24.9 Å². The number of morpholine rings is 1. The minimum absolute atomic E-state index is 0.230. The van der Waals surface area contributed by atoms with Crippen molar-refractivity contribution in [3.8, 4) is 0 Å². The van der Waals surface area contributed by atoms with E-state index in [0.29, 0.717) is 6.04 Å². The van der Waals surface area contributed by atoms with E-state index in [0.717, 1.165) is 26.2 Å². The van der Waals surface area contributed by atoms with Crippen LogP contribution in [0.4, 0.5) is 0 Å². The van der Waals surface area contributed by atoms with Crippen LogP contribution in [-0.4, -0.2) is 44.3 Å². The molecule has 2 heterocycles. The number of hydrogen-bond donors (Lipinski definition) is 1. The molecule has 0 saturated carbocycles. The number of hydrogen-bond acceptors (Lipinski definition) is 4. The number of fused-ring (bicyclic) bond motifs is 1. The van der Waals surface area contributed by atoms with Crippen LogP contribution < -0.4 is 5.32 Å². The van der Waals surface area contributed by atoms with Crippen LogP contribution in [0, 0.1) is 0 Å². The third-order valence-corrected chi connectivity index (χ3v) is 5.18. The summed E-state index contributed by atoms with van der Waals surface area (Å²) in [4.78, 5) is 2.60. The van der Waals surface area contributed by atoms with Crippen molar-refractivity contribution in [2.45, 2.75) is 25.5 Å². The van der Waals surface area contributed by atoms with Gasteiger partial charge in [0.2, 0.25) is 0 Å². The minimum atomic E-state index is 0.230. The largest absolute Gasteiger partial charge is 0.374 e. The zero-order valence-electron chi connectivity index (χ0n) is 12.8. The van der Waals surface area contributed by atoms with Gasteiger partial charge in [0.25, 0.3) is 0 Å². The van der Waals surface area contributed by atoms with Gasteiger partial charge in [-0.2, -0.15) is 0 Å². The van der Waals surface area contributed by atoms with E-state index in [-0.39, 0.29) is 6.10 Å². The zero-order chi connectivity index (χ0) is 14.7. The Bertz CT molecular complexity index is 565. The van der Waals surface area contributed by atoms with Gasteiger partial charge in [0, 0.05) is 17.8 Å². The molecule has 1 aromatic heterocycles.